The van der Waals surface area contributed by atoms with Crippen molar-refractivity contribution in [2.45, 2.75) is 178 Å². The first-order chi connectivity index (χ1) is 25.2. The maximum absolute atomic E-state index is 12.9. The molecule has 0 aliphatic carbocycles. The molecule has 9 atom stereocenters. The fraction of sp³-hybridized carbons (Fsp3) is 0.732. The number of carbonyl (C=O) groups excluding carboxylic acids is 1. The van der Waals surface area contributed by atoms with E-state index < -0.39 is 74.2 Å². The monoisotopic (exact) mass is 738 g/mol. The van der Waals surface area contributed by atoms with Crippen LogP contribution >= 0.6 is 0 Å². The van der Waals surface area contributed by atoms with Crippen LogP contribution in [0.25, 0.3) is 0 Å². The van der Waals surface area contributed by atoms with E-state index in [4.69, 9.17) is 9.47 Å². The lowest BCUT2D eigenvalue weighted by Gasteiger charge is -2.40. The number of aliphatic hydroxyl groups excluding tert-OH is 7. The number of hydrogen-bond donors (Lipinski definition) is 8. The van der Waals surface area contributed by atoms with Gasteiger partial charge in [0.05, 0.1) is 25.4 Å². The number of rotatable bonds is 30. The molecule has 0 aromatic heterocycles. The van der Waals surface area contributed by atoms with E-state index in [-0.39, 0.29) is 12.8 Å². The molecule has 1 rings (SSSR count). The van der Waals surface area contributed by atoms with Crippen LogP contribution in [0.3, 0.4) is 0 Å². The van der Waals surface area contributed by atoms with Crippen LogP contribution in [0.4, 0.5) is 0 Å². The van der Waals surface area contributed by atoms with Crippen LogP contribution < -0.4 is 5.32 Å². The van der Waals surface area contributed by atoms with Gasteiger partial charge in [-0.3, -0.25) is 4.79 Å². The maximum atomic E-state index is 12.9. The summed E-state index contributed by atoms with van der Waals surface area (Å²) in [5, 5.41) is 75.0. The topological polar surface area (TPSA) is 189 Å². The summed E-state index contributed by atoms with van der Waals surface area (Å²) < 4.78 is 11.0. The van der Waals surface area contributed by atoms with Gasteiger partial charge in [-0.05, 0) is 70.6 Å². The Hall–Kier alpha value is -2.19. The molecular weight excluding hydrogens is 666 g/mol. The quantitative estimate of drug-likeness (QED) is 0.0375. The highest BCUT2D eigenvalue weighted by atomic mass is 16.7. The maximum Gasteiger partial charge on any atom is 0.249 e. The molecule has 11 nitrogen and oxygen atoms in total. The third-order valence-corrected chi connectivity index (χ3v) is 9.02. The van der Waals surface area contributed by atoms with Gasteiger partial charge in [0.15, 0.2) is 6.29 Å². The van der Waals surface area contributed by atoms with Gasteiger partial charge in [-0.25, -0.2) is 0 Å². The molecule has 52 heavy (non-hydrogen) atoms. The number of amides is 1. The second-order valence-corrected chi connectivity index (χ2v) is 13.6. The first kappa shape index (κ1) is 47.8. The number of ether oxygens (including phenoxy) is 2. The van der Waals surface area contributed by atoms with Gasteiger partial charge in [-0.2, -0.15) is 0 Å². The molecule has 0 aromatic rings. The van der Waals surface area contributed by atoms with Gasteiger partial charge in [-0.1, -0.05) is 107 Å². The van der Waals surface area contributed by atoms with Crippen LogP contribution in [-0.4, -0.2) is 110 Å². The van der Waals surface area contributed by atoms with Gasteiger partial charge in [-0.15, -0.1) is 0 Å². The van der Waals surface area contributed by atoms with E-state index >= 15 is 0 Å². The minimum Gasteiger partial charge on any atom is -0.394 e. The average molecular weight is 738 g/mol. The molecular formula is C41H71NO10. The van der Waals surface area contributed by atoms with Gasteiger partial charge in [0.1, 0.15) is 36.6 Å². The molecule has 1 aliphatic rings. The van der Waals surface area contributed by atoms with Gasteiger partial charge < -0.3 is 50.5 Å². The van der Waals surface area contributed by atoms with E-state index in [0.717, 1.165) is 44.9 Å². The Kier molecular flexibility index (Phi) is 28.7. The van der Waals surface area contributed by atoms with Crippen molar-refractivity contribution in [2.24, 2.45) is 0 Å². The number of unbranched alkanes of at least 4 members (excludes halogenated alkanes) is 9. The van der Waals surface area contributed by atoms with Gasteiger partial charge in [0.25, 0.3) is 0 Å². The van der Waals surface area contributed by atoms with Crippen molar-refractivity contribution in [3.8, 4) is 0 Å². The molecule has 8 N–H and O–H groups in total. The predicted octanol–water partition coefficient (Wildman–Crippen LogP) is 4.82. The molecule has 0 saturated carbocycles. The zero-order valence-corrected chi connectivity index (χ0v) is 31.8. The second kappa shape index (κ2) is 31.2. The average Bonchev–Trinajstić information content (AvgIpc) is 3.14. The van der Waals surface area contributed by atoms with E-state index in [2.05, 4.69) is 61.7 Å². The van der Waals surface area contributed by atoms with E-state index in [1.807, 2.05) is 12.2 Å². The van der Waals surface area contributed by atoms with E-state index in [1.54, 1.807) is 6.08 Å². The summed E-state index contributed by atoms with van der Waals surface area (Å²) in [5.41, 5.74) is 0. The lowest BCUT2D eigenvalue weighted by atomic mass is 9.99. The molecule has 300 valence electrons. The highest BCUT2D eigenvalue weighted by molar-refractivity contribution is 5.81. The van der Waals surface area contributed by atoms with E-state index in [9.17, 15) is 40.5 Å². The fourth-order valence-electron chi connectivity index (χ4n) is 5.70. The Bertz CT molecular complexity index is 1030. The van der Waals surface area contributed by atoms with Crippen molar-refractivity contribution in [1.29, 1.82) is 0 Å². The molecule has 0 bridgehead atoms. The molecule has 0 aromatic carbocycles. The number of carbonyl (C=O) groups is 1. The first-order valence-corrected chi connectivity index (χ1v) is 19.7. The largest absolute Gasteiger partial charge is 0.394 e. The molecule has 0 spiro atoms. The van der Waals surface area contributed by atoms with Crippen LogP contribution in [0.1, 0.15) is 123 Å². The summed E-state index contributed by atoms with van der Waals surface area (Å²) in [7, 11) is 0. The summed E-state index contributed by atoms with van der Waals surface area (Å²) in [5.74, 6) is -0.786. The van der Waals surface area contributed by atoms with Crippen molar-refractivity contribution < 1.29 is 50.0 Å². The Morgan fingerprint density at radius 1 is 0.712 bits per heavy atom. The van der Waals surface area contributed by atoms with Gasteiger partial charge in [0, 0.05) is 6.42 Å². The molecule has 9 unspecified atom stereocenters. The Balaban J connectivity index is 2.66. The van der Waals surface area contributed by atoms with Crippen LogP contribution in [0.5, 0.6) is 0 Å². The third kappa shape index (κ3) is 21.5. The minimum absolute atomic E-state index is 0.0362. The van der Waals surface area contributed by atoms with Crippen LogP contribution in [0, 0.1) is 0 Å². The summed E-state index contributed by atoms with van der Waals surface area (Å²) >= 11 is 0. The Morgan fingerprint density at radius 2 is 1.29 bits per heavy atom. The van der Waals surface area contributed by atoms with Crippen LogP contribution in [-0.2, 0) is 14.3 Å². The molecule has 1 aliphatic heterocycles. The number of allylic oxidation sites excluding steroid dienone is 9. The summed E-state index contributed by atoms with van der Waals surface area (Å²) in [6.45, 7) is 3.21. The smallest absolute Gasteiger partial charge is 0.249 e. The van der Waals surface area contributed by atoms with Crippen molar-refractivity contribution in [1.82, 2.24) is 5.32 Å². The summed E-state index contributed by atoms with van der Waals surface area (Å²) in [4.78, 5) is 12.9. The lowest BCUT2D eigenvalue weighted by Crippen LogP contribution is -2.60. The summed E-state index contributed by atoms with van der Waals surface area (Å²) in [6, 6.07) is -1.22. The molecule has 0 radical (unpaired) electrons. The highest BCUT2D eigenvalue weighted by Crippen LogP contribution is 2.23. The SMILES string of the molecule is CC/C=C/CC/C=C/CC/C=C/CCCC(O)C(O)C(COC1OC(CO)C(O)C(O)C1O)NC(=O)C(O)C/C=C\C/C=C\CCCCCCCC. The van der Waals surface area contributed by atoms with Crippen molar-refractivity contribution in [3.63, 3.8) is 0 Å². The zero-order chi connectivity index (χ0) is 38.4. The third-order valence-electron chi connectivity index (χ3n) is 9.02. The normalized spacial score (nSPS) is 23.8. The number of nitrogens with one attached hydrogen (secondary N) is 1. The number of aliphatic hydroxyl groups is 7. The van der Waals surface area contributed by atoms with Crippen molar-refractivity contribution in [3.05, 3.63) is 60.8 Å². The predicted molar refractivity (Wildman–Crippen MR) is 205 cm³/mol. The molecule has 1 saturated heterocycles. The Labute approximate surface area is 312 Å². The van der Waals surface area contributed by atoms with E-state index in [1.165, 1.54) is 32.1 Å². The Morgan fingerprint density at radius 3 is 1.94 bits per heavy atom. The molecule has 1 fully saturated rings. The molecule has 1 amide bonds. The van der Waals surface area contributed by atoms with Crippen molar-refractivity contribution >= 4 is 5.91 Å². The van der Waals surface area contributed by atoms with Gasteiger partial charge >= 0.3 is 0 Å². The van der Waals surface area contributed by atoms with Crippen LogP contribution in [0.15, 0.2) is 60.8 Å². The fourth-order valence-corrected chi connectivity index (χ4v) is 5.70. The number of hydrogen-bond acceptors (Lipinski definition) is 10. The lowest BCUT2D eigenvalue weighted by molar-refractivity contribution is -0.303. The van der Waals surface area contributed by atoms with Crippen molar-refractivity contribution in [2.75, 3.05) is 13.2 Å². The second-order valence-electron chi connectivity index (χ2n) is 13.6. The zero-order valence-electron chi connectivity index (χ0n) is 31.8. The summed E-state index contributed by atoms with van der Waals surface area (Å²) in [6.07, 6.45) is 24.5. The van der Waals surface area contributed by atoms with Crippen LogP contribution in [0.2, 0.25) is 0 Å². The van der Waals surface area contributed by atoms with E-state index in [0.29, 0.717) is 19.3 Å². The minimum atomic E-state index is -1.68. The van der Waals surface area contributed by atoms with Gasteiger partial charge in [0.2, 0.25) is 5.91 Å². The highest BCUT2D eigenvalue weighted by Gasteiger charge is 2.44. The standard InChI is InChI=1S/C41H71NO10/c1-3-5-7-9-11-13-15-17-19-20-22-24-26-28-33(44)36(46)32(31-51-41-39(49)38(48)37(47)35(30-43)52-41)42-40(50)34(45)29-27-25-23-21-18-16-14-12-10-8-6-4-2/h5,7,13,15,18,20-22,25,27,32-39,41,43-49H,3-4,6,8-12,14,16-17,19,23-24,26,28-31H2,1-2H3,(H,42,50)/b7-5+,15-13+,21-18-,22-20+,27-25-. The molecule has 1 heterocycles. The first-order valence-electron chi connectivity index (χ1n) is 19.7. The molecule has 11 heteroatoms.